The Bertz CT molecular complexity index is 923. The molecular weight excluding hydrogens is 364 g/mol. The molecule has 1 aromatic heterocycles. The van der Waals surface area contributed by atoms with Crippen LogP contribution in [0.25, 0.3) is 6.08 Å². The smallest absolute Gasteiger partial charge is 0.387 e. The second kappa shape index (κ2) is 9.45. The zero-order valence-electron chi connectivity index (χ0n) is 15.0. The summed E-state index contributed by atoms with van der Waals surface area (Å²) in [6, 6.07) is 13.9. The predicted octanol–water partition coefficient (Wildman–Crippen LogP) is 3.86. The van der Waals surface area contributed by atoms with Gasteiger partial charge in [0.15, 0.2) is 0 Å². The largest absolute Gasteiger partial charge is 0.435 e. The van der Waals surface area contributed by atoms with Gasteiger partial charge in [0.05, 0.1) is 6.33 Å². The average molecular weight is 383 g/mol. The Morgan fingerprint density at radius 2 is 1.89 bits per heavy atom. The first-order chi connectivity index (χ1) is 13.6. The number of ether oxygens (including phenoxy) is 1. The molecule has 0 bridgehead atoms. The molecule has 5 nitrogen and oxygen atoms in total. The predicted molar refractivity (Wildman–Crippen MR) is 102 cm³/mol. The van der Waals surface area contributed by atoms with Crippen molar-refractivity contribution in [1.29, 1.82) is 0 Å². The minimum Gasteiger partial charge on any atom is -0.435 e. The van der Waals surface area contributed by atoms with Crippen molar-refractivity contribution in [2.24, 2.45) is 0 Å². The summed E-state index contributed by atoms with van der Waals surface area (Å²) in [5.74, 6) is -0.170. The lowest BCUT2D eigenvalue weighted by Crippen LogP contribution is -2.21. The van der Waals surface area contributed by atoms with E-state index < -0.39 is 6.61 Å². The summed E-state index contributed by atoms with van der Waals surface area (Å²) in [7, 11) is 0. The van der Waals surface area contributed by atoms with Crippen LogP contribution in [-0.2, 0) is 17.9 Å². The van der Waals surface area contributed by atoms with Crippen LogP contribution in [0.5, 0.6) is 5.75 Å². The number of hydrogen-bond donors (Lipinski definition) is 1. The van der Waals surface area contributed by atoms with Gasteiger partial charge in [0.25, 0.3) is 0 Å². The van der Waals surface area contributed by atoms with Gasteiger partial charge < -0.3 is 14.6 Å². The number of benzene rings is 2. The SMILES string of the molecule is O=C(C=Cc1ccc(OC(F)F)cc1)NCc1ccccc1Cn1ccnc1. The number of carbonyl (C=O) groups is 1. The molecule has 7 heteroatoms. The van der Waals surface area contributed by atoms with Crippen LogP contribution in [-0.4, -0.2) is 22.1 Å². The number of alkyl halides is 2. The van der Waals surface area contributed by atoms with Crippen LogP contribution in [0.3, 0.4) is 0 Å². The highest BCUT2D eigenvalue weighted by atomic mass is 19.3. The van der Waals surface area contributed by atoms with E-state index in [2.05, 4.69) is 15.0 Å². The Morgan fingerprint density at radius 1 is 1.14 bits per heavy atom. The quantitative estimate of drug-likeness (QED) is 0.601. The first-order valence-corrected chi connectivity index (χ1v) is 8.63. The Hall–Kier alpha value is -3.48. The van der Waals surface area contributed by atoms with E-state index in [1.54, 1.807) is 30.7 Å². The number of amides is 1. The first kappa shape index (κ1) is 19.3. The topological polar surface area (TPSA) is 56.1 Å². The maximum absolute atomic E-state index is 12.1. The molecule has 2 aromatic carbocycles. The van der Waals surface area contributed by atoms with Crippen LogP contribution in [0.1, 0.15) is 16.7 Å². The van der Waals surface area contributed by atoms with Gasteiger partial charge in [-0.25, -0.2) is 4.98 Å². The van der Waals surface area contributed by atoms with Gasteiger partial charge in [0.2, 0.25) is 5.91 Å². The lowest BCUT2D eigenvalue weighted by Gasteiger charge is -2.10. The van der Waals surface area contributed by atoms with E-state index in [9.17, 15) is 13.6 Å². The standard InChI is InChI=1S/C21H19F2N3O2/c22-21(23)28-19-8-5-16(6-9-19)7-10-20(27)25-13-17-3-1-2-4-18(17)14-26-12-11-24-15-26/h1-12,15,21H,13-14H2,(H,25,27). The van der Waals surface area contributed by atoms with Crippen molar-refractivity contribution < 1.29 is 18.3 Å². The number of carbonyl (C=O) groups excluding carboxylic acids is 1. The number of imidazole rings is 1. The van der Waals surface area contributed by atoms with Crippen molar-refractivity contribution in [3.8, 4) is 5.75 Å². The number of halogens is 2. The van der Waals surface area contributed by atoms with Crippen molar-refractivity contribution in [3.63, 3.8) is 0 Å². The molecular formula is C21H19F2N3O2. The zero-order chi connectivity index (χ0) is 19.8. The Labute approximate surface area is 161 Å². The van der Waals surface area contributed by atoms with E-state index in [0.717, 1.165) is 11.1 Å². The van der Waals surface area contributed by atoms with Crippen LogP contribution in [0.15, 0.2) is 73.3 Å². The molecule has 0 aliphatic carbocycles. The van der Waals surface area contributed by atoms with Crippen LogP contribution in [0.2, 0.25) is 0 Å². The normalized spacial score (nSPS) is 11.1. The highest BCUT2D eigenvalue weighted by Gasteiger charge is 2.05. The summed E-state index contributed by atoms with van der Waals surface area (Å²) in [5.41, 5.74) is 2.82. The molecule has 0 aliphatic rings. The van der Waals surface area contributed by atoms with E-state index in [0.29, 0.717) is 18.7 Å². The number of hydrogen-bond acceptors (Lipinski definition) is 3. The summed E-state index contributed by atoms with van der Waals surface area (Å²) in [4.78, 5) is 16.1. The maximum Gasteiger partial charge on any atom is 0.387 e. The van der Waals surface area contributed by atoms with Crippen molar-refractivity contribution >= 4 is 12.0 Å². The zero-order valence-corrected chi connectivity index (χ0v) is 15.0. The molecule has 0 atom stereocenters. The summed E-state index contributed by atoms with van der Waals surface area (Å²) < 4.78 is 30.5. The van der Waals surface area contributed by atoms with Gasteiger partial charge in [0, 0.05) is 31.6 Å². The fourth-order valence-electron chi connectivity index (χ4n) is 2.63. The highest BCUT2D eigenvalue weighted by molar-refractivity contribution is 5.91. The van der Waals surface area contributed by atoms with Crippen LogP contribution in [0, 0.1) is 0 Å². The third-order valence-electron chi connectivity index (χ3n) is 4.02. The molecule has 3 rings (SSSR count). The average Bonchev–Trinajstić information content (AvgIpc) is 3.19. The van der Waals surface area contributed by atoms with E-state index in [4.69, 9.17) is 0 Å². The molecule has 1 N–H and O–H groups in total. The molecule has 28 heavy (non-hydrogen) atoms. The molecule has 1 amide bonds. The molecule has 1 heterocycles. The van der Waals surface area contributed by atoms with E-state index in [-0.39, 0.29) is 11.7 Å². The highest BCUT2D eigenvalue weighted by Crippen LogP contribution is 2.15. The Morgan fingerprint density at radius 3 is 2.57 bits per heavy atom. The van der Waals surface area contributed by atoms with Crippen LogP contribution < -0.4 is 10.1 Å². The Balaban J connectivity index is 1.55. The fourth-order valence-corrected chi connectivity index (χ4v) is 2.63. The summed E-state index contributed by atoms with van der Waals surface area (Å²) in [6.45, 7) is -1.78. The van der Waals surface area contributed by atoms with Gasteiger partial charge in [-0.3, -0.25) is 4.79 Å². The molecule has 0 fully saturated rings. The minimum atomic E-state index is -2.86. The van der Waals surface area contributed by atoms with Crippen molar-refractivity contribution in [1.82, 2.24) is 14.9 Å². The van der Waals surface area contributed by atoms with Gasteiger partial charge in [-0.15, -0.1) is 0 Å². The second-order valence-electron chi connectivity index (χ2n) is 6.00. The number of aromatic nitrogens is 2. The molecule has 0 saturated heterocycles. The molecule has 0 radical (unpaired) electrons. The number of nitrogens with zero attached hydrogens (tertiary/aromatic N) is 2. The second-order valence-corrected chi connectivity index (χ2v) is 6.00. The monoisotopic (exact) mass is 383 g/mol. The molecule has 144 valence electrons. The lowest BCUT2D eigenvalue weighted by atomic mass is 10.1. The van der Waals surface area contributed by atoms with E-state index in [1.165, 1.54) is 18.2 Å². The van der Waals surface area contributed by atoms with Crippen LogP contribution >= 0.6 is 0 Å². The summed E-state index contributed by atoms with van der Waals surface area (Å²) >= 11 is 0. The van der Waals surface area contributed by atoms with Gasteiger partial charge in [-0.2, -0.15) is 8.78 Å². The third-order valence-corrected chi connectivity index (χ3v) is 4.02. The maximum atomic E-state index is 12.1. The number of nitrogens with one attached hydrogen (secondary N) is 1. The van der Waals surface area contributed by atoms with E-state index >= 15 is 0 Å². The lowest BCUT2D eigenvalue weighted by molar-refractivity contribution is -0.116. The fraction of sp³-hybridized carbons (Fsp3) is 0.143. The summed E-state index contributed by atoms with van der Waals surface area (Å²) in [5, 5.41) is 2.85. The minimum absolute atomic E-state index is 0.0751. The van der Waals surface area contributed by atoms with Gasteiger partial charge in [0.1, 0.15) is 5.75 Å². The molecule has 0 aliphatic heterocycles. The van der Waals surface area contributed by atoms with Crippen molar-refractivity contribution in [2.75, 3.05) is 0 Å². The molecule has 0 spiro atoms. The van der Waals surface area contributed by atoms with Gasteiger partial charge in [-0.05, 0) is 34.9 Å². The van der Waals surface area contributed by atoms with Gasteiger partial charge >= 0.3 is 6.61 Å². The van der Waals surface area contributed by atoms with Crippen LogP contribution in [0.4, 0.5) is 8.78 Å². The molecule has 0 unspecified atom stereocenters. The molecule has 3 aromatic rings. The molecule has 0 saturated carbocycles. The third kappa shape index (κ3) is 5.77. The van der Waals surface area contributed by atoms with Gasteiger partial charge in [-0.1, -0.05) is 36.4 Å². The number of rotatable bonds is 8. The van der Waals surface area contributed by atoms with Crippen molar-refractivity contribution in [2.45, 2.75) is 19.7 Å². The first-order valence-electron chi connectivity index (χ1n) is 8.63. The Kier molecular flexibility index (Phi) is 6.51. The van der Waals surface area contributed by atoms with E-state index in [1.807, 2.05) is 35.0 Å². The summed E-state index contributed by atoms with van der Waals surface area (Å²) in [6.07, 6.45) is 8.37. The van der Waals surface area contributed by atoms with Crippen molar-refractivity contribution in [3.05, 3.63) is 90.0 Å².